The van der Waals surface area contributed by atoms with Crippen LogP contribution in [-0.2, 0) is 4.79 Å². The molecule has 2 aromatic heterocycles. The van der Waals surface area contributed by atoms with Gasteiger partial charge in [0.1, 0.15) is 5.75 Å². The summed E-state index contributed by atoms with van der Waals surface area (Å²) in [5.74, 6) is -0.939. The van der Waals surface area contributed by atoms with Crippen molar-refractivity contribution in [2.45, 2.75) is 19.9 Å². The first kappa shape index (κ1) is 19.2. The molecule has 27 heavy (non-hydrogen) atoms. The number of Topliss-reactive ketones (excluding diaryl/α,β-unsaturated/α-hetero) is 1. The predicted octanol–water partition coefficient (Wildman–Crippen LogP) is 4.75. The first-order chi connectivity index (χ1) is 12.8. The van der Waals surface area contributed by atoms with E-state index in [-0.39, 0.29) is 27.3 Å². The van der Waals surface area contributed by atoms with Gasteiger partial charge in [-0.05, 0) is 32.0 Å². The third kappa shape index (κ3) is 3.63. The molecule has 3 rings (SSSR count). The van der Waals surface area contributed by atoms with Crippen molar-refractivity contribution in [3.8, 4) is 5.75 Å². The summed E-state index contributed by atoms with van der Waals surface area (Å²) in [6.45, 7) is 3.99. The van der Waals surface area contributed by atoms with Crippen molar-refractivity contribution in [3.05, 3.63) is 52.4 Å². The van der Waals surface area contributed by atoms with E-state index in [9.17, 15) is 9.59 Å². The summed E-state index contributed by atoms with van der Waals surface area (Å²) in [6.07, 6.45) is 4.35. The molecule has 0 radical (unpaired) electrons. The second-order valence-corrected chi connectivity index (χ2v) is 7.00. The highest BCUT2D eigenvalue weighted by atomic mass is 35.5. The summed E-state index contributed by atoms with van der Waals surface area (Å²) >= 11 is 12.0. The Morgan fingerprint density at radius 2 is 1.85 bits per heavy atom. The van der Waals surface area contributed by atoms with Crippen LogP contribution in [0, 0.1) is 0 Å². The monoisotopic (exact) mass is 405 g/mol. The molecule has 2 heterocycles. The van der Waals surface area contributed by atoms with Gasteiger partial charge in [0.05, 0.1) is 28.4 Å². The number of amides is 1. The lowest BCUT2D eigenvalue weighted by atomic mass is 10.1. The molecule has 140 valence electrons. The van der Waals surface area contributed by atoms with Crippen molar-refractivity contribution in [3.63, 3.8) is 0 Å². The average Bonchev–Trinajstić information content (AvgIpc) is 3.03. The Hall–Kier alpha value is -2.57. The summed E-state index contributed by atoms with van der Waals surface area (Å²) in [7, 11) is 1.54. The quantitative estimate of drug-likeness (QED) is 0.490. The number of carbonyl (C=O) groups excluding carboxylic acids is 2. The van der Waals surface area contributed by atoms with Crippen LogP contribution in [0.15, 0.2) is 36.8 Å². The number of methoxy groups -OCH3 is 1. The second-order valence-electron chi connectivity index (χ2n) is 6.19. The summed E-state index contributed by atoms with van der Waals surface area (Å²) in [4.78, 5) is 29.2. The molecular formula is C19H17Cl2N3O3. The molecule has 0 fully saturated rings. The molecule has 0 unspecified atom stereocenters. The number of ether oxygens (including phenoxy) is 1. The van der Waals surface area contributed by atoms with E-state index >= 15 is 0 Å². The lowest BCUT2D eigenvalue weighted by Gasteiger charge is -2.09. The minimum absolute atomic E-state index is 0.106. The number of carbonyl (C=O) groups is 2. The molecule has 1 N–H and O–H groups in total. The number of benzene rings is 1. The number of halogens is 2. The first-order valence-corrected chi connectivity index (χ1v) is 8.92. The lowest BCUT2D eigenvalue weighted by Crippen LogP contribution is -2.23. The lowest BCUT2D eigenvalue weighted by molar-refractivity contribution is -0.112. The fraction of sp³-hybridized carbons (Fsp3) is 0.211. The molecule has 0 spiro atoms. The predicted molar refractivity (Wildman–Crippen MR) is 106 cm³/mol. The van der Waals surface area contributed by atoms with Gasteiger partial charge in [-0.2, -0.15) is 0 Å². The fourth-order valence-corrected chi connectivity index (χ4v) is 3.25. The van der Waals surface area contributed by atoms with Gasteiger partial charge in [0.15, 0.2) is 0 Å². The van der Waals surface area contributed by atoms with Crippen molar-refractivity contribution < 1.29 is 14.3 Å². The van der Waals surface area contributed by atoms with Gasteiger partial charge in [0, 0.05) is 35.5 Å². The van der Waals surface area contributed by atoms with E-state index in [2.05, 4.69) is 10.3 Å². The Labute approximate surface area is 166 Å². The van der Waals surface area contributed by atoms with Crippen LogP contribution in [0.25, 0.3) is 10.9 Å². The van der Waals surface area contributed by atoms with E-state index in [1.165, 1.54) is 12.4 Å². The summed E-state index contributed by atoms with van der Waals surface area (Å²) in [6, 6.07) is 5.52. The van der Waals surface area contributed by atoms with E-state index in [1.807, 2.05) is 30.5 Å². The van der Waals surface area contributed by atoms with Gasteiger partial charge >= 0.3 is 0 Å². The topological polar surface area (TPSA) is 73.2 Å². The van der Waals surface area contributed by atoms with Crippen LogP contribution in [0.1, 0.15) is 30.2 Å². The zero-order valence-electron chi connectivity index (χ0n) is 14.9. The third-order valence-electron chi connectivity index (χ3n) is 4.14. The highest BCUT2D eigenvalue weighted by Gasteiger charge is 2.24. The van der Waals surface area contributed by atoms with Gasteiger partial charge in [0.25, 0.3) is 11.7 Å². The fourth-order valence-electron chi connectivity index (χ4n) is 2.79. The van der Waals surface area contributed by atoms with Crippen molar-refractivity contribution in [1.29, 1.82) is 0 Å². The highest BCUT2D eigenvalue weighted by molar-refractivity contribution is 6.50. The number of hydrogen-bond donors (Lipinski definition) is 1. The number of rotatable bonds is 5. The molecule has 0 saturated heterocycles. The Bertz CT molecular complexity index is 1020. The van der Waals surface area contributed by atoms with Crippen molar-refractivity contribution in [2.24, 2.45) is 0 Å². The Morgan fingerprint density at radius 3 is 2.44 bits per heavy atom. The highest BCUT2D eigenvalue weighted by Crippen LogP contribution is 2.31. The Morgan fingerprint density at radius 1 is 1.19 bits per heavy atom. The molecule has 1 amide bonds. The van der Waals surface area contributed by atoms with Crippen LogP contribution in [0.2, 0.25) is 10.0 Å². The zero-order chi connectivity index (χ0) is 19.7. The Kier molecular flexibility index (Phi) is 5.39. The van der Waals surface area contributed by atoms with E-state index in [0.717, 1.165) is 5.52 Å². The smallest absolute Gasteiger partial charge is 0.296 e. The van der Waals surface area contributed by atoms with E-state index in [0.29, 0.717) is 11.1 Å². The summed E-state index contributed by atoms with van der Waals surface area (Å²) < 4.78 is 7.18. The Balaban J connectivity index is 2.03. The molecule has 0 aliphatic carbocycles. The maximum atomic E-state index is 12.9. The number of nitrogens with zero attached hydrogens (tertiary/aromatic N) is 2. The molecule has 0 bridgehead atoms. The SMILES string of the molecule is COc1ccc2c(c1)c(C(=O)C(=O)Nc1c(Cl)cncc1Cl)cn2C(C)C. The van der Waals surface area contributed by atoms with E-state index in [4.69, 9.17) is 27.9 Å². The van der Waals surface area contributed by atoms with E-state index < -0.39 is 11.7 Å². The van der Waals surface area contributed by atoms with Gasteiger partial charge in [-0.15, -0.1) is 0 Å². The van der Waals surface area contributed by atoms with Gasteiger partial charge < -0.3 is 14.6 Å². The number of ketones is 1. The maximum absolute atomic E-state index is 12.9. The molecule has 8 heteroatoms. The normalized spacial score (nSPS) is 11.0. The van der Waals surface area contributed by atoms with Gasteiger partial charge in [-0.25, -0.2) is 0 Å². The summed E-state index contributed by atoms with van der Waals surface area (Å²) in [5.41, 5.74) is 1.26. The van der Waals surface area contributed by atoms with Crippen LogP contribution in [0.4, 0.5) is 5.69 Å². The van der Waals surface area contributed by atoms with Gasteiger partial charge in [-0.3, -0.25) is 14.6 Å². The molecule has 0 atom stereocenters. The van der Waals surface area contributed by atoms with Crippen molar-refractivity contribution in [1.82, 2.24) is 9.55 Å². The number of anilines is 1. The third-order valence-corrected chi connectivity index (χ3v) is 4.71. The molecular weight excluding hydrogens is 389 g/mol. The zero-order valence-corrected chi connectivity index (χ0v) is 16.4. The number of aromatic nitrogens is 2. The van der Waals surface area contributed by atoms with Gasteiger partial charge in [-0.1, -0.05) is 23.2 Å². The standard InChI is InChI=1S/C19H17Cl2N3O3/c1-10(2)24-9-13(12-6-11(27-3)4-5-16(12)24)18(25)19(26)23-17-14(20)7-22-8-15(17)21/h4-10H,1-3H3,(H,22,23,26). The molecule has 0 saturated carbocycles. The maximum Gasteiger partial charge on any atom is 0.296 e. The molecule has 0 aliphatic heterocycles. The molecule has 0 aliphatic rings. The van der Waals surface area contributed by atoms with Crippen molar-refractivity contribution in [2.75, 3.05) is 12.4 Å². The molecule has 3 aromatic rings. The molecule has 6 nitrogen and oxygen atoms in total. The number of fused-ring (bicyclic) bond motifs is 1. The largest absolute Gasteiger partial charge is 0.497 e. The van der Waals surface area contributed by atoms with Crippen LogP contribution < -0.4 is 10.1 Å². The number of pyridine rings is 1. The number of hydrogen-bond acceptors (Lipinski definition) is 4. The van der Waals surface area contributed by atoms with Crippen LogP contribution in [0.5, 0.6) is 5.75 Å². The van der Waals surface area contributed by atoms with E-state index in [1.54, 1.807) is 19.4 Å². The number of nitrogens with one attached hydrogen (secondary N) is 1. The van der Waals surface area contributed by atoms with Crippen LogP contribution in [0.3, 0.4) is 0 Å². The second kappa shape index (κ2) is 7.58. The summed E-state index contributed by atoms with van der Waals surface area (Å²) in [5, 5.41) is 3.41. The van der Waals surface area contributed by atoms with Gasteiger partial charge in [0.2, 0.25) is 0 Å². The minimum Gasteiger partial charge on any atom is -0.497 e. The first-order valence-electron chi connectivity index (χ1n) is 8.16. The average molecular weight is 406 g/mol. The van der Waals surface area contributed by atoms with Crippen LogP contribution >= 0.6 is 23.2 Å². The minimum atomic E-state index is -0.837. The van der Waals surface area contributed by atoms with Crippen LogP contribution in [-0.4, -0.2) is 28.4 Å². The van der Waals surface area contributed by atoms with Crippen molar-refractivity contribution >= 4 is 51.5 Å². The molecule has 1 aromatic carbocycles.